The maximum atomic E-state index is 13.5. The summed E-state index contributed by atoms with van der Waals surface area (Å²) in [6.45, 7) is 5.42. The minimum absolute atomic E-state index is 0.0225. The van der Waals surface area contributed by atoms with Gasteiger partial charge in [0.2, 0.25) is 11.8 Å². The number of ether oxygens (including phenoxy) is 1. The molecule has 0 bridgehead atoms. The summed E-state index contributed by atoms with van der Waals surface area (Å²) in [6.07, 6.45) is 0.120. The third kappa shape index (κ3) is 7.23. The molecule has 2 N–H and O–H groups in total. The summed E-state index contributed by atoms with van der Waals surface area (Å²) in [4.78, 5) is 56.8. The number of anilines is 1. The summed E-state index contributed by atoms with van der Waals surface area (Å²) in [7, 11) is 1.24. The number of imide groups is 1. The summed E-state index contributed by atoms with van der Waals surface area (Å²) < 4.78 is 4.66. The predicted molar refractivity (Wildman–Crippen MR) is 141 cm³/mol. The molecule has 0 aliphatic carbocycles. The van der Waals surface area contributed by atoms with Gasteiger partial charge in [0.05, 0.1) is 13.2 Å². The van der Waals surface area contributed by atoms with Gasteiger partial charge in [-0.2, -0.15) is 0 Å². The van der Waals surface area contributed by atoms with Crippen molar-refractivity contribution >= 4 is 40.3 Å². The van der Waals surface area contributed by atoms with Gasteiger partial charge in [-0.1, -0.05) is 67.1 Å². The average Bonchev–Trinajstić information content (AvgIpc) is 3.37. The zero-order valence-electron chi connectivity index (χ0n) is 21.2. The van der Waals surface area contributed by atoms with Crippen molar-refractivity contribution in [1.82, 2.24) is 15.2 Å². The number of urea groups is 1. The van der Waals surface area contributed by atoms with Crippen molar-refractivity contribution in [3.63, 3.8) is 0 Å². The first kappa shape index (κ1) is 27.5. The Labute approximate surface area is 219 Å². The van der Waals surface area contributed by atoms with Crippen molar-refractivity contribution in [3.05, 3.63) is 82.4 Å². The Kier molecular flexibility index (Phi) is 9.51. The van der Waals surface area contributed by atoms with Crippen LogP contribution in [0.1, 0.15) is 53.5 Å². The van der Waals surface area contributed by atoms with Crippen molar-refractivity contribution in [3.8, 4) is 0 Å². The molecule has 0 radical (unpaired) electrons. The largest absolute Gasteiger partial charge is 0.464 e. The molecule has 1 aromatic heterocycles. The second kappa shape index (κ2) is 12.8. The first-order chi connectivity index (χ1) is 17.7. The van der Waals surface area contributed by atoms with Crippen LogP contribution in [-0.4, -0.2) is 46.9 Å². The Morgan fingerprint density at radius 1 is 1.05 bits per heavy atom. The number of methoxy groups -OCH3 is 1. The molecule has 1 unspecified atom stereocenters. The van der Waals surface area contributed by atoms with Crippen LogP contribution in [0.3, 0.4) is 0 Å². The Balaban J connectivity index is 1.90. The summed E-state index contributed by atoms with van der Waals surface area (Å²) in [5.74, 6) is -1.74. The van der Waals surface area contributed by atoms with E-state index in [0.717, 1.165) is 32.9 Å². The van der Waals surface area contributed by atoms with Gasteiger partial charge in [-0.05, 0) is 25.0 Å². The number of aryl methyl sites for hydroxylation is 1. The monoisotopic (exact) mass is 522 g/mol. The lowest BCUT2D eigenvalue weighted by atomic mass is 10.0. The first-order valence-electron chi connectivity index (χ1n) is 11.8. The molecule has 9 nitrogen and oxygen atoms in total. The summed E-state index contributed by atoms with van der Waals surface area (Å²) in [6, 6.07) is 14.6. The van der Waals surface area contributed by atoms with E-state index in [4.69, 9.17) is 0 Å². The highest BCUT2D eigenvalue weighted by Crippen LogP contribution is 2.20. The van der Waals surface area contributed by atoms with Crippen molar-refractivity contribution in [1.29, 1.82) is 0 Å². The number of carbonyl (C=O) groups excluding carboxylic acids is 4. The molecule has 0 fully saturated rings. The van der Waals surface area contributed by atoms with Gasteiger partial charge in [0, 0.05) is 18.2 Å². The molecule has 0 spiro atoms. The van der Waals surface area contributed by atoms with Crippen LogP contribution in [0.25, 0.3) is 0 Å². The maximum Gasteiger partial charge on any atom is 0.357 e. The highest BCUT2D eigenvalue weighted by atomic mass is 32.1. The first-order valence-corrected chi connectivity index (χ1v) is 12.7. The van der Waals surface area contributed by atoms with Crippen LogP contribution >= 0.6 is 11.3 Å². The van der Waals surface area contributed by atoms with Crippen LogP contribution in [0.15, 0.2) is 60.0 Å². The smallest absolute Gasteiger partial charge is 0.357 e. The number of benzene rings is 2. The van der Waals surface area contributed by atoms with E-state index in [2.05, 4.69) is 20.4 Å². The molecule has 3 aromatic rings. The number of aromatic nitrogens is 1. The average molecular weight is 523 g/mol. The molecule has 1 heterocycles. The van der Waals surface area contributed by atoms with Crippen LogP contribution in [0.2, 0.25) is 0 Å². The van der Waals surface area contributed by atoms with Gasteiger partial charge in [-0.15, -0.1) is 11.3 Å². The predicted octanol–water partition coefficient (Wildman–Crippen LogP) is 4.50. The van der Waals surface area contributed by atoms with Crippen LogP contribution < -0.4 is 10.6 Å². The van der Waals surface area contributed by atoms with E-state index in [-0.39, 0.29) is 23.7 Å². The number of nitrogens with one attached hydrogen (secondary N) is 2. The SMILES string of the molecule is CCC(=O)N(C(=O)NC(C)c1ccc(C)cc1)[C@@H](Cc1ccccc1)C(=O)Nc1nc(C(=O)OC)cs1. The zero-order chi connectivity index (χ0) is 26.9. The molecule has 0 aliphatic rings. The Bertz CT molecular complexity index is 1240. The summed E-state index contributed by atoms with van der Waals surface area (Å²) in [5.41, 5.74) is 2.77. The number of rotatable bonds is 9. The Morgan fingerprint density at radius 3 is 2.35 bits per heavy atom. The molecular weight excluding hydrogens is 492 g/mol. The van der Waals surface area contributed by atoms with Crippen LogP contribution in [0.4, 0.5) is 9.93 Å². The standard InChI is InChI=1S/C27H30N4O5S/c1-5-23(32)31(27(35)28-18(3)20-13-11-17(2)12-14-20)22(15-19-9-7-6-8-10-19)24(33)30-26-29-21(16-37-26)25(34)36-4/h6-14,16,18,22H,5,15H2,1-4H3,(H,28,35)(H,29,30,33)/t18?,22-/m0/s1. The van der Waals surface area contributed by atoms with E-state index in [9.17, 15) is 19.2 Å². The minimum Gasteiger partial charge on any atom is -0.464 e. The number of thiazole rings is 1. The van der Waals surface area contributed by atoms with Crippen LogP contribution in [0, 0.1) is 6.92 Å². The molecule has 2 aromatic carbocycles. The van der Waals surface area contributed by atoms with E-state index >= 15 is 0 Å². The summed E-state index contributed by atoms with van der Waals surface area (Å²) >= 11 is 1.04. The number of nitrogens with zero attached hydrogens (tertiary/aromatic N) is 2. The number of carbonyl (C=O) groups is 4. The fraction of sp³-hybridized carbons (Fsp3) is 0.296. The molecule has 0 saturated carbocycles. The lowest BCUT2D eigenvalue weighted by Gasteiger charge is -2.30. The zero-order valence-corrected chi connectivity index (χ0v) is 22.0. The third-order valence-corrected chi connectivity index (χ3v) is 6.48. The van der Waals surface area contributed by atoms with E-state index in [1.807, 2.05) is 68.4 Å². The maximum absolute atomic E-state index is 13.5. The van der Waals surface area contributed by atoms with E-state index in [0.29, 0.717) is 0 Å². The van der Waals surface area contributed by atoms with Gasteiger partial charge < -0.3 is 15.4 Å². The van der Waals surface area contributed by atoms with Gasteiger partial charge >= 0.3 is 12.0 Å². The lowest BCUT2D eigenvalue weighted by molar-refractivity contribution is -0.135. The highest BCUT2D eigenvalue weighted by molar-refractivity contribution is 7.14. The molecule has 37 heavy (non-hydrogen) atoms. The molecule has 10 heteroatoms. The van der Waals surface area contributed by atoms with Gasteiger partial charge in [0.15, 0.2) is 10.8 Å². The van der Waals surface area contributed by atoms with Gasteiger partial charge in [0.25, 0.3) is 0 Å². The van der Waals surface area contributed by atoms with Crippen LogP contribution in [-0.2, 0) is 20.7 Å². The second-order valence-electron chi connectivity index (χ2n) is 8.42. The van der Waals surface area contributed by atoms with Crippen molar-refractivity contribution < 1.29 is 23.9 Å². The Morgan fingerprint density at radius 2 is 1.73 bits per heavy atom. The number of esters is 1. The fourth-order valence-corrected chi connectivity index (χ4v) is 4.33. The number of hydrogen-bond donors (Lipinski definition) is 2. The van der Waals surface area contributed by atoms with Gasteiger partial charge in [0.1, 0.15) is 6.04 Å². The second-order valence-corrected chi connectivity index (χ2v) is 9.28. The minimum atomic E-state index is -1.16. The normalized spacial score (nSPS) is 12.2. The third-order valence-electron chi connectivity index (χ3n) is 5.72. The fourth-order valence-electron chi connectivity index (χ4n) is 3.65. The van der Waals surface area contributed by atoms with Gasteiger partial charge in [-0.25, -0.2) is 14.6 Å². The number of hydrogen-bond acceptors (Lipinski definition) is 7. The number of amides is 4. The topological polar surface area (TPSA) is 118 Å². The Hall–Kier alpha value is -4.05. The summed E-state index contributed by atoms with van der Waals surface area (Å²) in [5, 5.41) is 7.12. The van der Waals surface area contributed by atoms with Crippen LogP contribution in [0.5, 0.6) is 0 Å². The highest BCUT2D eigenvalue weighted by Gasteiger charge is 2.35. The van der Waals surface area contributed by atoms with Crippen molar-refractivity contribution in [2.24, 2.45) is 0 Å². The molecular formula is C27H30N4O5S. The lowest BCUT2D eigenvalue weighted by Crippen LogP contribution is -2.55. The van der Waals surface area contributed by atoms with Crippen molar-refractivity contribution in [2.75, 3.05) is 12.4 Å². The molecule has 4 amide bonds. The van der Waals surface area contributed by atoms with Gasteiger partial charge in [-0.3, -0.25) is 14.5 Å². The molecule has 3 rings (SSSR count). The van der Waals surface area contributed by atoms with Crippen molar-refractivity contribution in [2.45, 2.75) is 45.7 Å². The molecule has 2 atom stereocenters. The molecule has 0 saturated heterocycles. The van der Waals surface area contributed by atoms with E-state index in [1.165, 1.54) is 12.5 Å². The molecule has 0 aliphatic heterocycles. The van der Waals surface area contributed by atoms with E-state index < -0.39 is 35.9 Å². The molecule has 194 valence electrons. The van der Waals surface area contributed by atoms with E-state index in [1.54, 1.807) is 6.92 Å². The quantitative estimate of drug-likeness (QED) is 0.400.